The zero-order valence-electron chi connectivity index (χ0n) is 17.1. The Morgan fingerprint density at radius 3 is 1.38 bits per heavy atom. The Balaban J connectivity index is 2.36. The molecule has 0 aromatic heterocycles. The quantitative estimate of drug-likeness (QED) is 0.675. The van der Waals surface area contributed by atoms with E-state index in [2.05, 4.69) is 26.0 Å². The van der Waals surface area contributed by atoms with Crippen LogP contribution in [0.5, 0.6) is 11.5 Å². The summed E-state index contributed by atoms with van der Waals surface area (Å²) in [6.07, 6.45) is 5.98. The fraction of sp³-hybridized carbons (Fsp3) is 0.500. The molecular formula is C24H32O2. The molecule has 0 saturated heterocycles. The highest BCUT2D eigenvalue weighted by molar-refractivity contribution is 5.58. The summed E-state index contributed by atoms with van der Waals surface area (Å²) in [5.74, 6) is 0.846. The molecule has 1 aliphatic carbocycles. The second-order valence-electron chi connectivity index (χ2n) is 8.32. The van der Waals surface area contributed by atoms with Crippen molar-refractivity contribution >= 4 is 0 Å². The largest absolute Gasteiger partial charge is 0.507 e. The number of rotatable bonds is 2. The molecule has 0 heterocycles. The monoisotopic (exact) mass is 352 g/mol. The third-order valence-electron chi connectivity index (χ3n) is 6.85. The van der Waals surface area contributed by atoms with Crippen molar-refractivity contribution in [3.05, 3.63) is 56.6 Å². The molecule has 1 saturated carbocycles. The fourth-order valence-electron chi connectivity index (χ4n) is 4.97. The van der Waals surface area contributed by atoms with Gasteiger partial charge in [0.1, 0.15) is 11.5 Å². The fourth-order valence-corrected chi connectivity index (χ4v) is 4.97. The maximum Gasteiger partial charge on any atom is 0.121 e. The van der Waals surface area contributed by atoms with E-state index in [9.17, 15) is 10.2 Å². The first-order valence-electron chi connectivity index (χ1n) is 9.81. The molecule has 2 aromatic rings. The minimum Gasteiger partial charge on any atom is -0.507 e. The Kier molecular flexibility index (Phi) is 4.81. The van der Waals surface area contributed by atoms with Gasteiger partial charge in [0.2, 0.25) is 0 Å². The van der Waals surface area contributed by atoms with Gasteiger partial charge in [-0.15, -0.1) is 0 Å². The zero-order chi connectivity index (χ0) is 19.2. The molecule has 0 atom stereocenters. The predicted molar refractivity (Wildman–Crippen MR) is 109 cm³/mol. The van der Waals surface area contributed by atoms with Crippen LogP contribution in [0.2, 0.25) is 0 Å². The Labute approximate surface area is 157 Å². The number of hydrogen-bond acceptors (Lipinski definition) is 2. The van der Waals surface area contributed by atoms with Crippen molar-refractivity contribution in [3.8, 4) is 11.5 Å². The predicted octanol–water partition coefficient (Wildman–Crippen LogP) is 6.20. The minimum absolute atomic E-state index is 0.0289. The molecule has 0 radical (unpaired) electrons. The van der Waals surface area contributed by atoms with E-state index in [-0.39, 0.29) is 5.41 Å². The molecule has 140 valence electrons. The van der Waals surface area contributed by atoms with E-state index >= 15 is 0 Å². The summed E-state index contributed by atoms with van der Waals surface area (Å²) in [5.41, 5.74) is 9.00. The van der Waals surface area contributed by atoms with Gasteiger partial charge in [0.05, 0.1) is 0 Å². The summed E-state index contributed by atoms with van der Waals surface area (Å²) < 4.78 is 0. The van der Waals surface area contributed by atoms with Crippen LogP contribution in [-0.2, 0) is 5.41 Å². The number of phenolic OH excluding ortho intramolecular Hbond substituents is 2. The molecule has 3 rings (SSSR count). The first-order chi connectivity index (χ1) is 12.2. The maximum absolute atomic E-state index is 10.4. The van der Waals surface area contributed by atoms with Crippen LogP contribution >= 0.6 is 0 Å². The van der Waals surface area contributed by atoms with Crippen molar-refractivity contribution < 1.29 is 10.2 Å². The minimum atomic E-state index is -0.0289. The molecule has 0 aliphatic heterocycles. The van der Waals surface area contributed by atoms with Crippen LogP contribution < -0.4 is 0 Å². The zero-order valence-corrected chi connectivity index (χ0v) is 17.1. The second kappa shape index (κ2) is 6.64. The summed E-state index contributed by atoms with van der Waals surface area (Å²) >= 11 is 0. The van der Waals surface area contributed by atoms with E-state index in [1.807, 2.05) is 27.7 Å². The van der Waals surface area contributed by atoms with Gasteiger partial charge in [0.25, 0.3) is 0 Å². The highest BCUT2D eigenvalue weighted by Crippen LogP contribution is 2.50. The van der Waals surface area contributed by atoms with Gasteiger partial charge in [-0.3, -0.25) is 0 Å². The van der Waals surface area contributed by atoms with Crippen LogP contribution in [0.1, 0.15) is 76.6 Å². The van der Waals surface area contributed by atoms with E-state index in [1.165, 1.54) is 41.5 Å². The lowest BCUT2D eigenvalue weighted by molar-refractivity contribution is 0.341. The topological polar surface area (TPSA) is 40.5 Å². The molecule has 0 spiro atoms. The van der Waals surface area contributed by atoms with Gasteiger partial charge in [0, 0.05) is 5.41 Å². The molecule has 1 aliphatic rings. The third kappa shape index (κ3) is 2.71. The van der Waals surface area contributed by atoms with E-state index in [1.54, 1.807) is 0 Å². The average Bonchev–Trinajstić information content (AvgIpc) is 2.64. The Morgan fingerprint density at radius 1 is 0.615 bits per heavy atom. The van der Waals surface area contributed by atoms with Crippen molar-refractivity contribution in [3.63, 3.8) is 0 Å². The van der Waals surface area contributed by atoms with E-state index in [0.717, 1.165) is 35.1 Å². The second-order valence-corrected chi connectivity index (χ2v) is 8.32. The summed E-state index contributed by atoms with van der Waals surface area (Å²) in [4.78, 5) is 0. The Bertz CT molecular complexity index is 790. The normalized spacial score (nSPS) is 16.7. The lowest BCUT2D eigenvalue weighted by Gasteiger charge is -2.42. The molecule has 1 fully saturated rings. The number of aryl methyl sites for hydroxylation is 2. The average molecular weight is 353 g/mol. The number of phenols is 2. The summed E-state index contributed by atoms with van der Waals surface area (Å²) in [7, 11) is 0. The summed E-state index contributed by atoms with van der Waals surface area (Å²) in [5, 5.41) is 20.8. The van der Waals surface area contributed by atoms with Gasteiger partial charge in [-0.1, -0.05) is 31.4 Å². The maximum atomic E-state index is 10.4. The number of benzene rings is 2. The Hall–Kier alpha value is -1.96. The SMILES string of the molecule is Cc1cc(C2(c3cc(C)c(O)c(C)c3C)CCCCC2)c(C)c(C)c1O. The van der Waals surface area contributed by atoms with Gasteiger partial charge in [-0.05, 0) is 98.9 Å². The van der Waals surface area contributed by atoms with Gasteiger partial charge in [-0.2, -0.15) is 0 Å². The van der Waals surface area contributed by atoms with Gasteiger partial charge >= 0.3 is 0 Å². The number of hydrogen-bond donors (Lipinski definition) is 2. The molecule has 2 nitrogen and oxygen atoms in total. The Morgan fingerprint density at radius 2 is 1.00 bits per heavy atom. The number of aromatic hydroxyl groups is 2. The lowest BCUT2D eigenvalue weighted by atomic mass is 9.62. The molecule has 26 heavy (non-hydrogen) atoms. The summed E-state index contributed by atoms with van der Waals surface area (Å²) in [6, 6.07) is 4.42. The van der Waals surface area contributed by atoms with Crippen molar-refractivity contribution in [2.45, 2.75) is 79.1 Å². The molecule has 0 amide bonds. The first kappa shape index (κ1) is 18.8. The third-order valence-corrected chi connectivity index (χ3v) is 6.85. The van der Waals surface area contributed by atoms with E-state index in [0.29, 0.717) is 11.5 Å². The van der Waals surface area contributed by atoms with Crippen LogP contribution in [0.3, 0.4) is 0 Å². The van der Waals surface area contributed by atoms with Gasteiger partial charge < -0.3 is 10.2 Å². The van der Waals surface area contributed by atoms with Crippen LogP contribution in [0.25, 0.3) is 0 Å². The van der Waals surface area contributed by atoms with Crippen molar-refractivity contribution in [2.24, 2.45) is 0 Å². The van der Waals surface area contributed by atoms with E-state index in [4.69, 9.17) is 0 Å². The smallest absolute Gasteiger partial charge is 0.121 e. The highest BCUT2D eigenvalue weighted by Gasteiger charge is 2.39. The van der Waals surface area contributed by atoms with Crippen LogP contribution in [0.4, 0.5) is 0 Å². The van der Waals surface area contributed by atoms with Crippen molar-refractivity contribution in [1.29, 1.82) is 0 Å². The molecule has 2 aromatic carbocycles. The molecule has 2 N–H and O–H groups in total. The van der Waals surface area contributed by atoms with Gasteiger partial charge in [-0.25, -0.2) is 0 Å². The molecule has 0 unspecified atom stereocenters. The summed E-state index contributed by atoms with van der Waals surface area (Å²) in [6.45, 7) is 12.4. The highest BCUT2D eigenvalue weighted by atomic mass is 16.3. The van der Waals surface area contributed by atoms with Crippen LogP contribution in [-0.4, -0.2) is 10.2 Å². The van der Waals surface area contributed by atoms with Crippen molar-refractivity contribution in [2.75, 3.05) is 0 Å². The molecule has 2 heteroatoms. The molecular weight excluding hydrogens is 320 g/mol. The van der Waals surface area contributed by atoms with Crippen LogP contribution in [0.15, 0.2) is 12.1 Å². The molecule has 0 bridgehead atoms. The van der Waals surface area contributed by atoms with Crippen LogP contribution in [0, 0.1) is 41.5 Å². The first-order valence-corrected chi connectivity index (χ1v) is 9.81. The standard InChI is InChI=1S/C24H32O2/c1-14-12-20(16(3)18(5)22(14)25)24(10-8-7-9-11-24)21-13-15(2)23(26)19(6)17(21)4/h12-13,25-26H,7-11H2,1-6H3. The van der Waals surface area contributed by atoms with Crippen molar-refractivity contribution in [1.82, 2.24) is 0 Å². The lowest BCUT2D eigenvalue weighted by Crippen LogP contribution is -2.33. The van der Waals surface area contributed by atoms with E-state index < -0.39 is 0 Å². The van der Waals surface area contributed by atoms with Gasteiger partial charge in [0.15, 0.2) is 0 Å².